The van der Waals surface area contributed by atoms with Gasteiger partial charge in [-0.25, -0.2) is 0 Å². The van der Waals surface area contributed by atoms with Crippen LogP contribution < -0.4 is 4.74 Å². The van der Waals surface area contributed by atoms with Crippen LogP contribution >= 0.6 is 0 Å². The van der Waals surface area contributed by atoms with Gasteiger partial charge in [-0.2, -0.15) is 0 Å². The number of carbonyl (C=O) groups excluding carboxylic acids is 1. The Balaban J connectivity index is 1.45. The van der Waals surface area contributed by atoms with Crippen LogP contribution in [0.5, 0.6) is 5.75 Å². The van der Waals surface area contributed by atoms with Gasteiger partial charge in [-0.3, -0.25) is 4.79 Å². The Hall–Kier alpha value is -1.63. The van der Waals surface area contributed by atoms with Crippen molar-refractivity contribution in [1.29, 1.82) is 0 Å². The van der Waals surface area contributed by atoms with Crippen molar-refractivity contribution in [1.82, 2.24) is 0 Å². The third-order valence-electron chi connectivity index (χ3n) is 4.35. The molecule has 126 valence electrons. The maximum Gasteiger partial charge on any atom is 0.306 e. The Labute approximate surface area is 135 Å². The van der Waals surface area contributed by atoms with Crippen LogP contribution in [0.25, 0.3) is 0 Å². The van der Waals surface area contributed by atoms with E-state index in [1.165, 1.54) is 0 Å². The number of aliphatic hydroxyl groups excluding tert-OH is 2. The number of hydrogen-bond donors (Lipinski definition) is 2. The summed E-state index contributed by atoms with van der Waals surface area (Å²) in [5, 5.41) is 20.0. The molecule has 6 heteroatoms. The van der Waals surface area contributed by atoms with Crippen molar-refractivity contribution in [2.24, 2.45) is 5.92 Å². The minimum Gasteiger partial charge on any atom is -0.491 e. The fourth-order valence-electron chi connectivity index (χ4n) is 3.24. The number of benzene rings is 1. The lowest BCUT2D eigenvalue weighted by atomic mass is 10.0. The summed E-state index contributed by atoms with van der Waals surface area (Å²) in [5.41, 5.74) is 1.08. The van der Waals surface area contributed by atoms with Gasteiger partial charge in [0.05, 0.1) is 25.2 Å². The second-order valence-electron chi connectivity index (χ2n) is 6.28. The zero-order valence-electron chi connectivity index (χ0n) is 13.1. The van der Waals surface area contributed by atoms with Gasteiger partial charge in [-0.15, -0.1) is 0 Å². The molecule has 0 bridgehead atoms. The predicted octanol–water partition coefficient (Wildman–Crippen LogP) is 0.816. The van der Waals surface area contributed by atoms with E-state index in [1.54, 1.807) is 0 Å². The van der Waals surface area contributed by atoms with Crippen molar-refractivity contribution >= 4 is 5.97 Å². The predicted molar refractivity (Wildman–Crippen MR) is 81.0 cm³/mol. The number of esters is 1. The van der Waals surface area contributed by atoms with Gasteiger partial charge in [-0.05, 0) is 24.6 Å². The molecule has 3 rings (SSSR count). The first-order chi connectivity index (χ1) is 11.0. The van der Waals surface area contributed by atoms with Crippen molar-refractivity contribution in [3.63, 3.8) is 0 Å². The highest BCUT2D eigenvalue weighted by molar-refractivity contribution is 5.72. The van der Waals surface area contributed by atoms with Crippen molar-refractivity contribution < 1.29 is 29.2 Å². The van der Waals surface area contributed by atoms with Crippen LogP contribution in [0, 0.1) is 12.8 Å². The van der Waals surface area contributed by atoms with Gasteiger partial charge < -0.3 is 24.4 Å². The third-order valence-corrected chi connectivity index (χ3v) is 4.35. The van der Waals surface area contributed by atoms with Crippen LogP contribution in [-0.2, 0) is 14.3 Å². The number of ether oxygens (including phenoxy) is 3. The summed E-state index contributed by atoms with van der Waals surface area (Å²) in [6, 6.07) is 7.57. The van der Waals surface area contributed by atoms with Gasteiger partial charge in [0, 0.05) is 12.3 Å². The smallest absolute Gasteiger partial charge is 0.306 e. The molecule has 23 heavy (non-hydrogen) atoms. The monoisotopic (exact) mass is 322 g/mol. The molecule has 1 aromatic rings. The van der Waals surface area contributed by atoms with E-state index in [0.29, 0.717) is 12.2 Å². The largest absolute Gasteiger partial charge is 0.491 e. The number of fused-ring (bicyclic) bond motifs is 1. The van der Waals surface area contributed by atoms with Crippen LogP contribution in [0.1, 0.15) is 18.4 Å². The SMILES string of the molecule is Cc1cccc(OCC(O)CO[C@H]2[C@@H]3CC(=O)O[C@@H]3C[C@@H]2O)c1. The number of aryl methyl sites for hydroxylation is 1. The Kier molecular flexibility index (Phi) is 4.84. The quantitative estimate of drug-likeness (QED) is 0.754. The van der Waals surface area contributed by atoms with E-state index in [-0.39, 0.29) is 37.6 Å². The molecule has 1 saturated carbocycles. The highest BCUT2D eigenvalue weighted by Gasteiger charge is 2.50. The average molecular weight is 322 g/mol. The lowest BCUT2D eigenvalue weighted by Gasteiger charge is -2.22. The Morgan fingerprint density at radius 2 is 2.22 bits per heavy atom. The molecular formula is C17H22O6. The topological polar surface area (TPSA) is 85.2 Å². The molecule has 1 aliphatic heterocycles. The highest BCUT2D eigenvalue weighted by atomic mass is 16.6. The maximum atomic E-state index is 11.3. The van der Waals surface area contributed by atoms with E-state index >= 15 is 0 Å². The molecule has 1 aliphatic carbocycles. The first-order valence-corrected chi connectivity index (χ1v) is 7.89. The number of rotatable bonds is 6. The zero-order chi connectivity index (χ0) is 16.4. The molecule has 0 spiro atoms. The van der Waals surface area contributed by atoms with Crippen molar-refractivity contribution in [2.75, 3.05) is 13.2 Å². The lowest BCUT2D eigenvalue weighted by Crippen LogP contribution is -2.34. The molecule has 2 fully saturated rings. The summed E-state index contributed by atoms with van der Waals surface area (Å²) >= 11 is 0. The number of aliphatic hydroxyl groups is 2. The molecule has 5 atom stereocenters. The lowest BCUT2D eigenvalue weighted by molar-refractivity contribution is -0.142. The van der Waals surface area contributed by atoms with Crippen molar-refractivity contribution in [3.05, 3.63) is 29.8 Å². The van der Waals surface area contributed by atoms with E-state index in [4.69, 9.17) is 14.2 Å². The molecule has 2 N–H and O–H groups in total. The minimum absolute atomic E-state index is 0.0466. The van der Waals surface area contributed by atoms with Crippen LogP contribution in [0.15, 0.2) is 24.3 Å². The van der Waals surface area contributed by atoms with Crippen LogP contribution in [0.2, 0.25) is 0 Å². The minimum atomic E-state index is -0.806. The normalized spacial score (nSPS) is 30.8. The standard InChI is InChI=1S/C17H22O6/c1-10-3-2-4-12(5-10)21-8-11(18)9-22-17-13-6-16(20)23-15(13)7-14(17)19/h2-5,11,13-15,17-19H,6-9H2,1H3/t11?,13-,14+,15-,17+/m1/s1. The van der Waals surface area contributed by atoms with Gasteiger partial charge in [0.1, 0.15) is 24.6 Å². The van der Waals surface area contributed by atoms with Crippen molar-refractivity contribution in [2.45, 2.75) is 44.2 Å². The van der Waals surface area contributed by atoms with Gasteiger partial charge in [0.25, 0.3) is 0 Å². The molecule has 2 aliphatic rings. The van der Waals surface area contributed by atoms with Gasteiger partial charge in [0.2, 0.25) is 0 Å². The van der Waals surface area contributed by atoms with E-state index in [0.717, 1.165) is 5.56 Å². The molecule has 0 radical (unpaired) electrons. The molecule has 0 aromatic heterocycles. The Morgan fingerprint density at radius 1 is 1.39 bits per heavy atom. The second kappa shape index (κ2) is 6.86. The zero-order valence-corrected chi connectivity index (χ0v) is 13.1. The van der Waals surface area contributed by atoms with Gasteiger partial charge in [-0.1, -0.05) is 12.1 Å². The van der Waals surface area contributed by atoms with Crippen LogP contribution in [-0.4, -0.2) is 53.8 Å². The fourth-order valence-corrected chi connectivity index (χ4v) is 3.24. The molecule has 0 amide bonds. The van der Waals surface area contributed by atoms with E-state index in [9.17, 15) is 15.0 Å². The second-order valence-corrected chi connectivity index (χ2v) is 6.28. The summed E-state index contributed by atoms with van der Waals surface area (Å²) in [4.78, 5) is 11.3. The van der Waals surface area contributed by atoms with E-state index < -0.39 is 18.3 Å². The van der Waals surface area contributed by atoms with E-state index in [1.807, 2.05) is 31.2 Å². The summed E-state index contributed by atoms with van der Waals surface area (Å²) < 4.78 is 16.3. The van der Waals surface area contributed by atoms with Crippen LogP contribution in [0.4, 0.5) is 0 Å². The molecule has 1 aromatic carbocycles. The number of carbonyl (C=O) groups is 1. The van der Waals surface area contributed by atoms with Gasteiger partial charge in [0.15, 0.2) is 0 Å². The molecule has 6 nitrogen and oxygen atoms in total. The average Bonchev–Trinajstić information content (AvgIpc) is 2.98. The highest BCUT2D eigenvalue weighted by Crippen LogP contribution is 2.38. The third kappa shape index (κ3) is 3.83. The van der Waals surface area contributed by atoms with Gasteiger partial charge >= 0.3 is 5.97 Å². The number of hydrogen-bond acceptors (Lipinski definition) is 6. The Morgan fingerprint density at radius 3 is 3.00 bits per heavy atom. The summed E-state index contributed by atoms with van der Waals surface area (Å²) in [6.45, 7) is 2.12. The van der Waals surface area contributed by atoms with Crippen molar-refractivity contribution in [3.8, 4) is 5.75 Å². The summed E-state index contributed by atoms with van der Waals surface area (Å²) in [7, 11) is 0. The first-order valence-electron chi connectivity index (χ1n) is 7.89. The fraction of sp³-hybridized carbons (Fsp3) is 0.588. The molecular weight excluding hydrogens is 300 g/mol. The molecule has 1 unspecified atom stereocenters. The first kappa shape index (κ1) is 16.2. The molecule has 1 saturated heterocycles. The maximum absolute atomic E-state index is 11.3. The molecule has 1 heterocycles. The summed E-state index contributed by atoms with van der Waals surface area (Å²) in [6.07, 6.45) is -1.54. The van der Waals surface area contributed by atoms with Crippen LogP contribution in [0.3, 0.4) is 0 Å². The summed E-state index contributed by atoms with van der Waals surface area (Å²) in [5.74, 6) is 0.325. The Bertz CT molecular complexity index is 560. The van der Waals surface area contributed by atoms with E-state index in [2.05, 4.69) is 0 Å².